The van der Waals surface area contributed by atoms with Gasteiger partial charge in [0, 0.05) is 39.3 Å². The van der Waals surface area contributed by atoms with Gasteiger partial charge >= 0.3 is 0 Å². The minimum absolute atomic E-state index is 0.325. The Kier molecular flexibility index (Phi) is 5.54. The number of morpholine rings is 1. The highest BCUT2D eigenvalue weighted by Gasteiger charge is 2.20. The van der Waals surface area contributed by atoms with E-state index in [1.807, 2.05) is 48.8 Å². The van der Waals surface area contributed by atoms with Crippen molar-refractivity contribution in [2.75, 3.05) is 62.3 Å². The molecular weight excluding hydrogens is 392 g/mol. The van der Waals surface area contributed by atoms with E-state index >= 15 is 0 Å². The standard InChI is InChI=1S/C23H26N6O2/c30-21-8-4-3-7-20(21)28-11-9-27(10-12-28)17-24-22-23(29-13-15-31-16-14-29)26-19-6-2-1-5-18(19)25-22/h1-8,17,30H,9-16H2. The molecule has 0 amide bonds. The zero-order chi connectivity index (χ0) is 21.0. The van der Waals surface area contributed by atoms with Gasteiger partial charge in [-0.25, -0.2) is 15.0 Å². The number of phenolic OH excluding ortho intramolecular Hbond substituents is 1. The summed E-state index contributed by atoms with van der Waals surface area (Å²) in [5, 5.41) is 10.1. The lowest BCUT2D eigenvalue weighted by molar-refractivity contribution is 0.122. The minimum Gasteiger partial charge on any atom is -0.506 e. The van der Waals surface area contributed by atoms with Crippen molar-refractivity contribution in [1.82, 2.24) is 14.9 Å². The van der Waals surface area contributed by atoms with Gasteiger partial charge in [-0.2, -0.15) is 0 Å². The smallest absolute Gasteiger partial charge is 0.197 e. The molecule has 1 N–H and O–H groups in total. The van der Waals surface area contributed by atoms with Crippen LogP contribution < -0.4 is 9.80 Å². The van der Waals surface area contributed by atoms with Crippen LogP contribution in [-0.4, -0.2) is 78.8 Å². The molecule has 0 bridgehead atoms. The van der Waals surface area contributed by atoms with Crippen molar-refractivity contribution in [3.05, 3.63) is 48.5 Å². The Morgan fingerprint density at radius 1 is 0.806 bits per heavy atom. The molecule has 0 unspecified atom stereocenters. The van der Waals surface area contributed by atoms with Crippen molar-refractivity contribution in [1.29, 1.82) is 0 Å². The van der Waals surface area contributed by atoms with E-state index in [4.69, 9.17) is 19.7 Å². The molecule has 8 heteroatoms. The highest BCUT2D eigenvalue weighted by atomic mass is 16.5. The van der Waals surface area contributed by atoms with E-state index in [2.05, 4.69) is 14.7 Å². The molecule has 8 nitrogen and oxygen atoms in total. The SMILES string of the molecule is Oc1ccccc1N1CCN(C=Nc2nc3ccccc3nc2N2CCOCC2)CC1. The highest BCUT2D eigenvalue weighted by Crippen LogP contribution is 2.29. The summed E-state index contributed by atoms with van der Waals surface area (Å²) in [5.41, 5.74) is 2.60. The number of anilines is 2. The molecule has 2 aromatic carbocycles. The van der Waals surface area contributed by atoms with Gasteiger partial charge in [-0.05, 0) is 24.3 Å². The number of hydrogen-bond acceptors (Lipinski definition) is 7. The lowest BCUT2D eigenvalue weighted by Crippen LogP contribution is -2.45. The highest BCUT2D eigenvalue weighted by molar-refractivity contribution is 5.81. The summed E-state index contributed by atoms with van der Waals surface area (Å²) in [6.07, 6.45) is 1.88. The number of rotatable bonds is 4. The number of piperazine rings is 1. The van der Waals surface area contributed by atoms with Gasteiger partial charge in [0.1, 0.15) is 5.75 Å². The molecule has 2 saturated heterocycles. The van der Waals surface area contributed by atoms with Gasteiger partial charge in [-0.15, -0.1) is 0 Å². The van der Waals surface area contributed by atoms with E-state index in [0.717, 1.165) is 61.8 Å². The third-order valence-electron chi connectivity index (χ3n) is 5.73. The monoisotopic (exact) mass is 418 g/mol. The molecule has 2 aliphatic heterocycles. The van der Waals surface area contributed by atoms with Gasteiger partial charge < -0.3 is 24.5 Å². The van der Waals surface area contributed by atoms with Crippen LogP contribution in [0.15, 0.2) is 53.5 Å². The zero-order valence-corrected chi connectivity index (χ0v) is 17.4. The fraction of sp³-hybridized carbons (Fsp3) is 0.348. The average Bonchev–Trinajstić information content (AvgIpc) is 2.83. The summed E-state index contributed by atoms with van der Waals surface area (Å²) in [6.45, 7) is 6.24. The molecule has 5 rings (SSSR count). The predicted octanol–water partition coefficient (Wildman–Crippen LogP) is 2.65. The van der Waals surface area contributed by atoms with Gasteiger partial charge in [0.15, 0.2) is 11.6 Å². The zero-order valence-electron chi connectivity index (χ0n) is 17.4. The first-order valence-corrected chi connectivity index (χ1v) is 10.7. The number of nitrogens with zero attached hydrogens (tertiary/aromatic N) is 6. The van der Waals surface area contributed by atoms with Crippen LogP contribution >= 0.6 is 0 Å². The second kappa shape index (κ2) is 8.77. The Labute approximate surface area is 181 Å². The summed E-state index contributed by atoms with van der Waals surface area (Å²) in [4.78, 5) is 21.0. The van der Waals surface area contributed by atoms with Gasteiger partial charge in [0.05, 0.1) is 36.3 Å². The Morgan fingerprint density at radius 3 is 2.23 bits per heavy atom. The summed E-state index contributed by atoms with van der Waals surface area (Å²) in [5.74, 6) is 1.78. The molecule has 0 atom stereocenters. The van der Waals surface area contributed by atoms with Gasteiger partial charge in [0.25, 0.3) is 0 Å². The van der Waals surface area contributed by atoms with Crippen molar-refractivity contribution in [2.24, 2.45) is 4.99 Å². The number of aliphatic imine (C=N–C) groups is 1. The molecule has 0 saturated carbocycles. The second-order valence-electron chi connectivity index (χ2n) is 7.72. The van der Waals surface area contributed by atoms with Gasteiger partial charge in [-0.1, -0.05) is 24.3 Å². The van der Waals surface area contributed by atoms with E-state index in [0.29, 0.717) is 24.8 Å². The van der Waals surface area contributed by atoms with E-state index in [1.54, 1.807) is 6.07 Å². The lowest BCUT2D eigenvalue weighted by Gasteiger charge is -2.35. The number of hydrogen-bond donors (Lipinski definition) is 1. The van der Waals surface area contributed by atoms with E-state index < -0.39 is 0 Å². The number of fused-ring (bicyclic) bond motifs is 1. The van der Waals surface area contributed by atoms with Crippen LogP contribution in [0.2, 0.25) is 0 Å². The molecule has 0 spiro atoms. The van der Waals surface area contributed by atoms with Crippen LogP contribution in [0, 0.1) is 0 Å². The number of aromatic hydroxyl groups is 1. The molecule has 2 fully saturated rings. The van der Waals surface area contributed by atoms with Crippen LogP contribution in [-0.2, 0) is 4.74 Å². The maximum atomic E-state index is 10.1. The number of phenols is 1. The molecule has 3 aromatic rings. The Balaban J connectivity index is 1.34. The average molecular weight is 419 g/mol. The molecule has 160 valence electrons. The number of benzene rings is 2. The van der Waals surface area contributed by atoms with Crippen molar-refractivity contribution in [3.8, 4) is 5.75 Å². The molecule has 0 radical (unpaired) electrons. The normalized spacial score (nSPS) is 17.6. The largest absolute Gasteiger partial charge is 0.506 e. The molecule has 31 heavy (non-hydrogen) atoms. The van der Waals surface area contributed by atoms with Gasteiger partial charge in [-0.3, -0.25) is 0 Å². The Hall–Kier alpha value is -3.39. The molecule has 1 aromatic heterocycles. The first-order chi connectivity index (χ1) is 15.3. The fourth-order valence-corrected chi connectivity index (χ4v) is 4.00. The topological polar surface area (TPSA) is 77.3 Å². The number of ether oxygens (including phenoxy) is 1. The Morgan fingerprint density at radius 2 is 1.48 bits per heavy atom. The Bertz CT molecular complexity index is 1070. The third-order valence-corrected chi connectivity index (χ3v) is 5.73. The minimum atomic E-state index is 0.325. The first-order valence-electron chi connectivity index (χ1n) is 10.7. The fourth-order valence-electron chi connectivity index (χ4n) is 4.00. The maximum Gasteiger partial charge on any atom is 0.197 e. The van der Waals surface area contributed by atoms with E-state index in [1.165, 1.54) is 0 Å². The second-order valence-corrected chi connectivity index (χ2v) is 7.72. The quantitative estimate of drug-likeness (QED) is 0.516. The van der Waals surface area contributed by atoms with E-state index in [9.17, 15) is 5.11 Å². The van der Waals surface area contributed by atoms with Crippen molar-refractivity contribution < 1.29 is 9.84 Å². The van der Waals surface area contributed by atoms with Crippen molar-refractivity contribution in [2.45, 2.75) is 0 Å². The van der Waals surface area contributed by atoms with Crippen LogP contribution in [0.4, 0.5) is 17.3 Å². The van der Waals surface area contributed by atoms with Crippen LogP contribution in [0.1, 0.15) is 0 Å². The van der Waals surface area contributed by atoms with Crippen molar-refractivity contribution in [3.63, 3.8) is 0 Å². The summed E-state index contributed by atoms with van der Waals surface area (Å²) < 4.78 is 5.50. The van der Waals surface area contributed by atoms with E-state index in [-0.39, 0.29) is 0 Å². The van der Waals surface area contributed by atoms with Crippen LogP contribution in [0.3, 0.4) is 0 Å². The summed E-state index contributed by atoms with van der Waals surface area (Å²) in [7, 11) is 0. The van der Waals surface area contributed by atoms with Crippen LogP contribution in [0.25, 0.3) is 11.0 Å². The van der Waals surface area contributed by atoms with Gasteiger partial charge in [0.2, 0.25) is 0 Å². The third kappa shape index (κ3) is 4.25. The lowest BCUT2D eigenvalue weighted by atomic mass is 10.2. The molecule has 0 aliphatic carbocycles. The summed E-state index contributed by atoms with van der Waals surface area (Å²) in [6, 6.07) is 15.4. The first kappa shape index (κ1) is 19.6. The van der Waals surface area contributed by atoms with Crippen LogP contribution in [0.5, 0.6) is 5.75 Å². The predicted molar refractivity (Wildman–Crippen MR) is 123 cm³/mol. The molecular formula is C23H26N6O2. The molecule has 3 heterocycles. The summed E-state index contributed by atoms with van der Waals surface area (Å²) >= 11 is 0. The number of aromatic nitrogens is 2. The van der Waals surface area contributed by atoms with Crippen molar-refractivity contribution >= 4 is 34.7 Å². The molecule has 2 aliphatic rings. The number of para-hydroxylation sites is 4. The maximum absolute atomic E-state index is 10.1.